The summed E-state index contributed by atoms with van der Waals surface area (Å²) in [6.45, 7) is 8.13. The Morgan fingerprint density at radius 2 is 1.52 bits per heavy atom. The van der Waals surface area contributed by atoms with Gasteiger partial charge >= 0.3 is 0 Å². The van der Waals surface area contributed by atoms with Gasteiger partial charge in [-0.25, -0.2) is 14.6 Å². The number of carbonyl (C=O) groups is 4. The van der Waals surface area contributed by atoms with Crippen molar-refractivity contribution in [3.63, 3.8) is 0 Å². The van der Waals surface area contributed by atoms with Crippen LogP contribution in [0.1, 0.15) is 99.0 Å². The topological polar surface area (TPSA) is 172 Å². The van der Waals surface area contributed by atoms with Crippen LogP contribution in [0.5, 0.6) is 11.5 Å². The Kier molecular flexibility index (Phi) is 15.1. The Balaban J connectivity index is 0.645. The lowest BCUT2D eigenvalue weighted by Gasteiger charge is -2.35. The predicted octanol–water partition coefficient (Wildman–Crippen LogP) is 7.32. The van der Waals surface area contributed by atoms with Crippen molar-refractivity contribution in [2.24, 2.45) is 0 Å². The molecule has 15 nitrogen and oxygen atoms in total. The molecular weight excluding hydrogens is 865 g/mol. The maximum atomic E-state index is 13.6. The Hall–Kier alpha value is -5.84. The van der Waals surface area contributed by atoms with E-state index in [9.17, 15) is 19.2 Å². The monoisotopic (exact) mass is 926 g/mol. The van der Waals surface area contributed by atoms with Gasteiger partial charge in [-0.05, 0) is 111 Å². The first-order valence-corrected chi connectivity index (χ1v) is 25.2. The number of fused-ring (bicyclic) bond motifs is 2. The highest BCUT2D eigenvalue weighted by Gasteiger charge is 2.40. The fourth-order valence-electron chi connectivity index (χ4n) is 10.0. The average molecular weight is 927 g/mol. The zero-order chi connectivity index (χ0) is 46.1. The van der Waals surface area contributed by atoms with Crippen molar-refractivity contribution in [2.75, 3.05) is 63.8 Å². The van der Waals surface area contributed by atoms with Crippen LogP contribution < -0.4 is 15.8 Å². The van der Waals surface area contributed by atoms with Gasteiger partial charge in [0.2, 0.25) is 17.7 Å². The fourth-order valence-corrected chi connectivity index (χ4v) is 11.1. The van der Waals surface area contributed by atoms with Crippen LogP contribution >= 0.6 is 11.8 Å². The number of thioether (sulfide) groups is 1. The molecule has 4 aliphatic heterocycles. The molecule has 3 N–H and O–H groups in total. The van der Waals surface area contributed by atoms with Crippen molar-refractivity contribution in [3.05, 3.63) is 90.3 Å². The highest BCUT2D eigenvalue weighted by atomic mass is 32.2. The van der Waals surface area contributed by atoms with Crippen molar-refractivity contribution in [1.29, 1.82) is 0 Å². The molecule has 3 saturated heterocycles. The van der Waals surface area contributed by atoms with Crippen LogP contribution in [-0.4, -0.2) is 127 Å². The lowest BCUT2D eigenvalue weighted by Crippen LogP contribution is -2.52. The summed E-state index contributed by atoms with van der Waals surface area (Å²) in [4.78, 5) is 69.6. The van der Waals surface area contributed by atoms with Crippen LogP contribution in [0.2, 0.25) is 0 Å². The number of carbonyl (C=O) groups excluding carboxylic acids is 4. The summed E-state index contributed by atoms with van der Waals surface area (Å²) in [6, 6.07) is 22.8. The van der Waals surface area contributed by atoms with Crippen LogP contribution in [0.4, 0.5) is 5.82 Å². The minimum atomic E-state index is -0.584. The van der Waals surface area contributed by atoms with E-state index in [1.54, 1.807) is 16.7 Å². The summed E-state index contributed by atoms with van der Waals surface area (Å²) < 4.78 is 7.97. The molecule has 4 amide bonds. The largest absolute Gasteiger partial charge is 0.457 e. The number of benzene rings is 3. The van der Waals surface area contributed by atoms with Crippen LogP contribution in [0, 0.1) is 0 Å². The molecule has 67 heavy (non-hydrogen) atoms. The van der Waals surface area contributed by atoms with E-state index in [0.717, 1.165) is 116 Å². The number of amides is 4. The molecule has 0 spiro atoms. The summed E-state index contributed by atoms with van der Waals surface area (Å²) in [5, 5.41) is 8.18. The molecule has 2 atom stereocenters. The fraction of sp³-hybridized carbons (Fsp3) is 0.471. The van der Waals surface area contributed by atoms with Gasteiger partial charge in [-0.15, -0.1) is 11.8 Å². The SMILES string of the molecule is Nc1ncnc2c1c(-c1ccc(Oc3ccccc3)cc1)nn2[C@@H]1CCCN(C(=O)CCCN2CCN(CCCCCCCCSc3cccc4c3CN(C3CCC(=O)NC3=O)C4=O)CC2)C1. The molecule has 5 aromatic rings. The van der Waals surface area contributed by atoms with Gasteiger partial charge in [0.15, 0.2) is 5.65 Å². The number of nitrogens with two attached hydrogens (primary N) is 1. The zero-order valence-corrected chi connectivity index (χ0v) is 39.1. The number of hydrogen-bond acceptors (Lipinski definition) is 12. The van der Waals surface area contributed by atoms with Gasteiger partial charge in [0, 0.05) is 74.7 Å². The quantitative estimate of drug-likeness (QED) is 0.0481. The van der Waals surface area contributed by atoms with E-state index < -0.39 is 6.04 Å². The number of aromatic nitrogens is 4. The van der Waals surface area contributed by atoms with Crippen molar-refractivity contribution < 1.29 is 23.9 Å². The number of nitrogen functional groups attached to an aromatic ring is 1. The molecule has 3 aromatic carbocycles. The summed E-state index contributed by atoms with van der Waals surface area (Å²) in [5.74, 6) is 2.33. The number of piperazine rings is 1. The molecule has 1 unspecified atom stereocenters. The summed E-state index contributed by atoms with van der Waals surface area (Å²) in [5.41, 5.74) is 10.4. The smallest absolute Gasteiger partial charge is 0.255 e. The highest BCUT2D eigenvalue weighted by molar-refractivity contribution is 7.99. The number of rotatable bonds is 19. The van der Waals surface area contributed by atoms with Crippen molar-refractivity contribution in [1.82, 2.24) is 44.7 Å². The predicted molar refractivity (Wildman–Crippen MR) is 260 cm³/mol. The van der Waals surface area contributed by atoms with E-state index >= 15 is 0 Å². The van der Waals surface area contributed by atoms with E-state index in [1.165, 1.54) is 38.4 Å². The normalized spacial score (nSPS) is 19.3. The lowest BCUT2D eigenvalue weighted by atomic mass is 10.0. The molecule has 0 aliphatic carbocycles. The molecule has 0 radical (unpaired) electrons. The third-order valence-electron chi connectivity index (χ3n) is 13.7. The number of unbranched alkanes of at least 4 members (excludes halogenated alkanes) is 5. The number of hydrogen-bond donors (Lipinski definition) is 2. The number of ether oxygens (including phenoxy) is 1. The van der Waals surface area contributed by atoms with E-state index in [2.05, 4.69) is 31.2 Å². The molecule has 352 valence electrons. The van der Waals surface area contributed by atoms with Crippen LogP contribution in [0.25, 0.3) is 22.3 Å². The first-order chi connectivity index (χ1) is 32.8. The zero-order valence-electron chi connectivity index (χ0n) is 38.3. The van der Waals surface area contributed by atoms with E-state index in [-0.39, 0.29) is 36.1 Å². The average Bonchev–Trinajstić information content (AvgIpc) is 3.91. The number of nitrogens with zero attached hydrogens (tertiary/aromatic N) is 8. The van der Waals surface area contributed by atoms with Gasteiger partial charge in [0.1, 0.15) is 35.4 Å². The molecule has 4 aliphatic rings. The Labute approximate surface area is 396 Å². The van der Waals surface area contributed by atoms with E-state index in [0.29, 0.717) is 43.0 Å². The van der Waals surface area contributed by atoms with Gasteiger partial charge in [-0.3, -0.25) is 24.5 Å². The van der Waals surface area contributed by atoms with E-state index in [4.69, 9.17) is 15.6 Å². The van der Waals surface area contributed by atoms with Crippen LogP contribution in [0.3, 0.4) is 0 Å². The van der Waals surface area contributed by atoms with Crippen molar-refractivity contribution in [2.45, 2.75) is 101 Å². The number of para-hydroxylation sites is 1. The lowest BCUT2D eigenvalue weighted by molar-refractivity contribution is -0.137. The number of imide groups is 1. The third kappa shape index (κ3) is 11.1. The summed E-state index contributed by atoms with van der Waals surface area (Å²) in [6.07, 6.45) is 12.6. The number of piperidine rings is 2. The minimum Gasteiger partial charge on any atom is -0.457 e. The van der Waals surface area contributed by atoms with Gasteiger partial charge in [0.25, 0.3) is 5.91 Å². The number of nitrogens with one attached hydrogen (secondary N) is 1. The molecule has 9 rings (SSSR count). The Morgan fingerprint density at radius 3 is 2.30 bits per heavy atom. The van der Waals surface area contributed by atoms with Gasteiger partial charge in [0.05, 0.1) is 11.4 Å². The molecule has 6 heterocycles. The van der Waals surface area contributed by atoms with Crippen molar-refractivity contribution >= 4 is 52.2 Å². The molecule has 0 saturated carbocycles. The molecule has 2 aromatic heterocycles. The van der Waals surface area contributed by atoms with Gasteiger partial charge in [-0.2, -0.15) is 5.10 Å². The maximum absolute atomic E-state index is 13.6. The molecule has 0 bridgehead atoms. The second-order valence-electron chi connectivity index (χ2n) is 18.3. The summed E-state index contributed by atoms with van der Waals surface area (Å²) in [7, 11) is 0. The van der Waals surface area contributed by atoms with Gasteiger partial charge < -0.3 is 30.1 Å². The second-order valence-corrected chi connectivity index (χ2v) is 19.4. The summed E-state index contributed by atoms with van der Waals surface area (Å²) >= 11 is 1.80. The standard InChI is InChI=1S/C51H62N10O5S/c52-48-46-47(36-19-21-39(22-20-36)66-38-14-6-5-7-15-38)56-61(49(46)54-35-53-48)37-13-11-27-59(33-37)45(63)18-12-26-58-30-28-57(29-31-58)25-8-3-1-2-4-9-32-67-43-17-10-16-40-41(43)34-60(51(40)65)42-23-24-44(62)55-50(42)64/h5-7,10,14-17,19-22,35,37,42H,1-4,8-9,11-13,18,23-34H2,(H2,52,53,54)(H,55,62,64)/t37-,42?/m1/s1. The molecule has 16 heteroatoms. The van der Waals surface area contributed by atoms with Crippen molar-refractivity contribution in [3.8, 4) is 22.8 Å². The first kappa shape index (κ1) is 46.3. The maximum Gasteiger partial charge on any atom is 0.255 e. The molecular formula is C51H62N10O5S. The number of likely N-dealkylation sites (tertiary alicyclic amines) is 1. The third-order valence-corrected chi connectivity index (χ3v) is 14.9. The van der Waals surface area contributed by atoms with Crippen LogP contribution in [-0.2, 0) is 20.9 Å². The minimum absolute atomic E-state index is 0.0125. The Morgan fingerprint density at radius 1 is 0.791 bits per heavy atom. The van der Waals surface area contributed by atoms with Crippen LogP contribution in [0.15, 0.2) is 84.0 Å². The first-order valence-electron chi connectivity index (χ1n) is 24.2. The molecule has 3 fully saturated rings. The second kappa shape index (κ2) is 21.9. The Bertz CT molecular complexity index is 2530. The van der Waals surface area contributed by atoms with Gasteiger partial charge in [-0.1, -0.05) is 49.9 Å². The highest BCUT2D eigenvalue weighted by Crippen LogP contribution is 2.37. The van der Waals surface area contributed by atoms with E-state index in [1.807, 2.05) is 76.3 Å². The number of anilines is 1.